The normalized spacial score (nSPS) is 26.3. The van der Waals surface area contributed by atoms with E-state index in [2.05, 4.69) is 26.6 Å². The van der Waals surface area contributed by atoms with E-state index >= 15 is 28.4 Å². The van der Waals surface area contributed by atoms with Crippen LogP contribution in [-0.2, 0) is 103 Å². The number of halogens is 1. The summed E-state index contributed by atoms with van der Waals surface area (Å²) in [6.45, 7) is 4.21. The van der Waals surface area contributed by atoms with Gasteiger partial charge in [0.15, 0.2) is 11.6 Å². The van der Waals surface area contributed by atoms with Gasteiger partial charge in [0, 0.05) is 113 Å². The first-order valence-corrected chi connectivity index (χ1v) is 35.1. The average Bonchev–Trinajstić information content (AvgIpc) is 1.68. The van der Waals surface area contributed by atoms with Gasteiger partial charge in [-0.05, 0) is 135 Å². The molecule has 0 spiro atoms. The molecule has 5 aromatic rings. The number of allylic oxidation sites excluding steroid dienone is 2. The minimum absolute atomic E-state index is 0.0295. The fourth-order valence-corrected chi connectivity index (χ4v) is 14.5. The number of nitrogens with two attached hydrogens (primary N) is 1. The number of ether oxygens (including phenoxy) is 2. The fourth-order valence-electron chi connectivity index (χ4n) is 14.5. The second kappa shape index (κ2) is 33.8. The summed E-state index contributed by atoms with van der Waals surface area (Å²) in [7, 11) is 1.50. The van der Waals surface area contributed by atoms with Crippen molar-refractivity contribution < 1.29 is 71.7 Å². The highest BCUT2D eigenvalue weighted by molar-refractivity contribution is 6.00. The minimum atomic E-state index is -1.81. The number of Topliss-reactive ketones (excluding diaryl/α,β-unsaturated/α-hetero) is 3. The Bertz CT molecular complexity index is 3930. The summed E-state index contributed by atoms with van der Waals surface area (Å²) in [5.41, 5.74) is 9.41. The van der Waals surface area contributed by atoms with E-state index in [1.165, 1.54) is 42.9 Å². The third-order valence-electron chi connectivity index (χ3n) is 20.3. The highest BCUT2D eigenvalue weighted by Gasteiger charge is 2.49. The van der Waals surface area contributed by atoms with Crippen molar-refractivity contribution in [3.05, 3.63) is 149 Å². The maximum absolute atomic E-state index is 16.1. The molecule has 24 nitrogen and oxygen atoms in total. The number of carbonyl (C=O) groups is 11. The SMILES string of the molecule is COc1ccc(C[C@@H]2NC(=O)[C@H]([C@@H](C)O)NC(=O)[C@@H]3[C@@H]4CCN3C(=O)[C@H]3CC(=O)[C@H](Cc5cccc(c5)CNC(=O)CO4)NC(=O)[C@@H](CN)NC(=O)[C@H](C)CC(=O)CCC(=O)N(CCCC=CCn4cc(c5cc(F)ccc54)C3)Cc3ccc(cc3)CCCC(=O)[C@]3(C)CCCN3C2=O)cc1. The van der Waals surface area contributed by atoms with Crippen molar-refractivity contribution in [2.24, 2.45) is 17.6 Å². The summed E-state index contributed by atoms with van der Waals surface area (Å²) in [5, 5.41) is 25.8. The van der Waals surface area contributed by atoms with Gasteiger partial charge in [-0.25, -0.2) is 4.39 Å². The Labute approximate surface area is 587 Å². The molecule has 6 aliphatic heterocycles. The van der Waals surface area contributed by atoms with Gasteiger partial charge in [-0.2, -0.15) is 0 Å². The van der Waals surface area contributed by atoms with Crippen molar-refractivity contribution in [2.45, 2.75) is 185 Å². The van der Waals surface area contributed by atoms with Gasteiger partial charge in [-0.3, -0.25) is 52.7 Å². The van der Waals surface area contributed by atoms with Crippen molar-refractivity contribution in [1.29, 1.82) is 0 Å². The molecule has 2 saturated heterocycles. The number of aromatic nitrogens is 1. The first kappa shape index (κ1) is 74.2. The molecule has 7 heterocycles. The average molecular weight is 1390 g/mol. The number of aliphatic hydroxyl groups is 1. The van der Waals surface area contributed by atoms with Crippen LogP contribution < -0.4 is 37.1 Å². The summed E-state index contributed by atoms with van der Waals surface area (Å²) < 4.78 is 29.2. The van der Waals surface area contributed by atoms with Gasteiger partial charge in [0.05, 0.1) is 30.9 Å². The summed E-state index contributed by atoms with van der Waals surface area (Å²) >= 11 is 0. The van der Waals surface area contributed by atoms with Gasteiger partial charge in [0.2, 0.25) is 47.3 Å². The lowest BCUT2D eigenvalue weighted by Gasteiger charge is -2.37. The number of ketones is 3. The number of methoxy groups -OCH3 is 1. The minimum Gasteiger partial charge on any atom is -0.497 e. The van der Waals surface area contributed by atoms with Gasteiger partial charge in [0.25, 0.3) is 0 Å². The molecule has 1 aromatic heterocycles. The van der Waals surface area contributed by atoms with Gasteiger partial charge < -0.3 is 66.2 Å². The van der Waals surface area contributed by atoms with Crippen molar-refractivity contribution in [3.8, 4) is 5.75 Å². The predicted octanol–water partition coefficient (Wildman–Crippen LogP) is 4.33. The molecule has 4 aromatic carbocycles. The monoisotopic (exact) mass is 1390 g/mol. The topological polar surface area (TPSA) is 327 Å². The van der Waals surface area contributed by atoms with Gasteiger partial charge >= 0.3 is 0 Å². The predicted molar refractivity (Wildman–Crippen MR) is 371 cm³/mol. The summed E-state index contributed by atoms with van der Waals surface area (Å²) in [6, 6.07) is 18.0. The molecule has 101 heavy (non-hydrogen) atoms. The maximum atomic E-state index is 16.1. The zero-order valence-electron chi connectivity index (χ0n) is 57.9. The molecular formula is C76H93FN10O14. The molecule has 11 rings (SSSR count). The van der Waals surface area contributed by atoms with Crippen LogP contribution in [0.1, 0.15) is 125 Å². The van der Waals surface area contributed by atoms with Crippen LogP contribution in [0.5, 0.6) is 5.75 Å². The lowest BCUT2D eigenvalue weighted by atomic mass is 9.88. The molecule has 8 amide bonds. The molecule has 2 fully saturated rings. The van der Waals surface area contributed by atoms with E-state index in [4.69, 9.17) is 15.2 Å². The van der Waals surface area contributed by atoms with Gasteiger partial charge in [-0.1, -0.05) is 79.7 Å². The quantitative estimate of drug-likeness (QED) is 0.121. The Morgan fingerprint density at radius 3 is 2.23 bits per heavy atom. The van der Waals surface area contributed by atoms with E-state index in [-0.39, 0.29) is 102 Å². The highest BCUT2D eigenvalue weighted by atomic mass is 19.1. The number of rotatable bonds is 5. The molecule has 6 aliphatic rings. The molecular weight excluding hydrogens is 1300 g/mol. The first-order chi connectivity index (χ1) is 48.5. The Morgan fingerprint density at radius 2 is 1.48 bits per heavy atom. The summed E-state index contributed by atoms with van der Waals surface area (Å²) in [4.78, 5) is 167. The van der Waals surface area contributed by atoms with E-state index in [0.717, 1.165) is 11.1 Å². The van der Waals surface area contributed by atoms with E-state index in [0.29, 0.717) is 84.0 Å². The molecule has 25 heteroatoms. The van der Waals surface area contributed by atoms with Crippen LogP contribution in [0.15, 0.2) is 109 Å². The van der Waals surface area contributed by atoms with Crippen LogP contribution in [0.25, 0.3) is 10.9 Å². The number of hydrogen-bond donors (Lipinski definition) is 7. The lowest BCUT2D eigenvalue weighted by molar-refractivity contribution is -0.148. The number of benzene rings is 4. The van der Waals surface area contributed by atoms with Crippen LogP contribution in [0.3, 0.4) is 0 Å². The lowest BCUT2D eigenvalue weighted by Crippen LogP contribution is -2.62. The molecule has 12 bridgehead atoms. The number of fused-ring (bicyclic) bond motifs is 16. The number of nitrogens with one attached hydrogen (secondary N) is 5. The first-order valence-electron chi connectivity index (χ1n) is 35.1. The van der Waals surface area contributed by atoms with Crippen LogP contribution >= 0.6 is 0 Å². The van der Waals surface area contributed by atoms with Crippen LogP contribution in [-0.4, -0.2) is 177 Å². The summed E-state index contributed by atoms with van der Waals surface area (Å²) in [5.74, 6) is -9.44. The smallest absolute Gasteiger partial charge is 0.246 e. The molecule has 0 saturated carbocycles. The van der Waals surface area contributed by atoms with E-state index in [1.54, 1.807) is 72.6 Å². The maximum Gasteiger partial charge on any atom is 0.246 e. The largest absolute Gasteiger partial charge is 0.497 e. The third kappa shape index (κ3) is 18.6. The molecule has 8 N–H and O–H groups in total. The van der Waals surface area contributed by atoms with Crippen LogP contribution in [0.4, 0.5) is 4.39 Å². The summed E-state index contributed by atoms with van der Waals surface area (Å²) in [6.07, 6.45) is 3.93. The Kier molecular flexibility index (Phi) is 24.8. The Morgan fingerprint density at radius 1 is 0.723 bits per heavy atom. The second-order valence-electron chi connectivity index (χ2n) is 27.7. The fraction of sp³-hybridized carbons (Fsp3) is 0.487. The number of nitrogens with zero attached hydrogens (tertiary/aromatic N) is 4. The molecule has 10 atom stereocenters. The zero-order chi connectivity index (χ0) is 72.1. The molecule has 0 unspecified atom stereocenters. The van der Waals surface area contributed by atoms with Crippen LogP contribution in [0.2, 0.25) is 0 Å². The van der Waals surface area contributed by atoms with E-state index < -0.39 is 132 Å². The number of aliphatic hydroxyl groups excluding tert-OH is 1. The molecule has 538 valence electrons. The molecule has 0 aliphatic carbocycles. The molecule has 0 radical (unpaired) electrons. The van der Waals surface area contributed by atoms with E-state index in [9.17, 15) is 33.9 Å². The van der Waals surface area contributed by atoms with Crippen LogP contribution in [0, 0.1) is 17.7 Å². The van der Waals surface area contributed by atoms with Crippen molar-refractivity contribution >= 4 is 75.5 Å². The third-order valence-corrected chi connectivity index (χ3v) is 20.3. The standard InChI is InChI=1S/C76H93FN10O14/c1-46-34-56(89)23-27-67(93)85-31-8-6-5-7-30-84-44-54(58-40-55(77)22-26-62(58)84)38-53-39-63(90)59(80-71(95)61(41-78)82-70(46)94)37-51-13-9-14-52(35-51)42-79-66(92)45-101-64-28-33-86(74(53)98)69(64)73(97)83-68(47(2)88)72(96)81-60(36-49-20-24-57(100-4)25-21-49)75(99)87-32-11-29-76(87,3)65(91)15-10-12-48-16-18-50(43-85)19-17-48/h5,7,9,13-14,16-22,24-26,35,40,44,46-47,53,59-61,64,68-69,88H,6,8,10-12,15,23,27-34,36-39,41-43,45,78H2,1-4H3,(H,79,92)(H,80,95)(H,81,96)(H,82,94)(H,83,97)/t46-,47-,53-,59+,60+,61-,64+,68+,69+,76+/m1/s1. The van der Waals surface area contributed by atoms with Crippen molar-refractivity contribution in [1.82, 2.24) is 45.9 Å². The number of hydrogen-bond acceptors (Lipinski definition) is 15. The number of carbonyl (C=O) groups excluding carboxylic acids is 11. The van der Waals surface area contributed by atoms with Crippen molar-refractivity contribution in [3.63, 3.8) is 0 Å². The van der Waals surface area contributed by atoms with Gasteiger partial charge in [-0.15, -0.1) is 0 Å². The Balaban J connectivity index is 1.09. The van der Waals surface area contributed by atoms with Gasteiger partial charge in [0.1, 0.15) is 48.1 Å². The van der Waals surface area contributed by atoms with E-state index in [1.807, 2.05) is 41.0 Å². The Hall–Kier alpha value is -9.46. The zero-order valence-corrected chi connectivity index (χ0v) is 57.9. The number of amides is 8. The second-order valence-corrected chi connectivity index (χ2v) is 27.7. The highest BCUT2D eigenvalue weighted by Crippen LogP contribution is 2.35. The number of aryl methyl sites for hydroxylation is 1. The van der Waals surface area contributed by atoms with Crippen molar-refractivity contribution in [2.75, 3.05) is 39.9 Å².